The Kier molecular flexibility index (Phi) is 4.94. The molecule has 1 N–H and O–H groups in total. The number of thiazole rings is 1. The smallest absolute Gasteiger partial charge is 0.311 e. The molecule has 27 heavy (non-hydrogen) atoms. The lowest BCUT2D eigenvalue weighted by molar-refractivity contribution is -0.131. The number of nitrogens with zero attached hydrogens (tertiary/aromatic N) is 3. The summed E-state index contributed by atoms with van der Waals surface area (Å²) in [6.45, 7) is 1.33. The lowest BCUT2D eigenvalue weighted by Gasteiger charge is -2.20. The summed E-state index contributed by atoms with van der Waals surface area (Å²) < 4.78 is 1.17. The predicted octanol–water partition coefficient (Wildman–Crippen LogP) is 3.27. The van der Waals surface area contributed by atoms with Crippen LogP contribution in [0.5, 0.6) is 5.88 Å². The van der Waals surface area contributed by atoms with Crippen molar-refractivity contribution in [2.75, 3.05) is 13.1 Å². The predicted molar refractivity (Wildman–Crippen MR) is 108 cm³/mol. The first-order valence-corrected chi connectivity index (χ1v) is 10.0. The first kappa shape index (κ1) is 17.7. The van der Waals surface area contributed by atoms with Gasteiger partial charge in [-0.05, 0) is 25.0 Å². The van der Waals surface area contributed by atoms with E-state index in [2.05, 4.69) is 4.99 Å². The molecule has 140 valence electrons. The molecule has 3 heterocycles. The molecule has 6 nitrogen and oxygen atoms in total. The number of allylic oxidation sites excluding steroid dienone is 1. The molecule has 0 bridgehead atoms. The fourth-order valence-electron chi connectivity index (χ4n) is 3.50. The molecule has 1 fully saturated rings. The number of benzene rings is 1. The highest BCUT2D eigenvalue weighted by atomic mass is 32.1. The number of aliphatic imine (C=N–C) groups is 1. The van der Waals surface area contributed by atoms with Crippen molar-refractivity contribution < 1.29 is 9.90 Å². The first-order valence-electron chi connectivity index (χ1n) is 9.19. The molecule has 7 heteroatoms. The van der Waals surface area contributed by atoms with Crippen LogP contribution in [0, 0.1) is 0 Å². The zero-order valence-corrected chi connectivity index (χ0v) is 15.7. The molecule has 0 unspecified atom stereocenters. The van der Waals surface area contributed by atoms with Crippen LogP contribution in [0.25, 0.3) is 11.6 Å². The third-order valence-corrected chi connectivity index (χ3v) is 5.91. The van der Waals surface area contributed by atoms with Crippen LogP contribution in [-0.4, -0.2) is 39.8 Å². The maximum atomic E-state index is 12.6. The number of fused-ring (bicyclic) bond motifs is 1. The van der Waals surface area contributed by atoms with Crippen molar-refractivity contribution in [1.82, 2.24) is 9.47 Å². The van der Waals surface area contributed by atoms with Crippen LogP contribution in [0.15, 0.2) is 34.1 Å². The number of hydrogen-bond donors (Lipinski definition) is 1. The Balaban J connectivity index is 1.58. The number of hydrogen-bond acceptors (Lipinski definition) is 5. The molecule has 2 aromatic rings. The fourth-order valence-corrected chi connectivity index (χ4v) is 4.33. The number of carbonyl (C=O) groups excluding carboxylic acids is 1. The van der Waals surface area contributed by atoms with Crippen molar-refractivity contribution in [3.05, 3.63) is 44.4 Å². The van der Waals surface area contributed by atoms with Crippen LogP contribution in [0.4, 0.5) is 5.69 Å². The summed E-state index contributed by atoms with van der Waals surface area (Å²) in [7, 11) is 0. The average Bonchev–Trinajstić information content (AvgIpc) is 3.04. The van der Waals surface area contributed by atoms with E-state index in [1.54, 1.807) is 17.2 Å². The summed E-state index contributed by atoms with van der Waals surface area (Å²) in [5, 5.41) is 10.5. The minimum absolute atomic E-state index is 0.112. The highest BCUT2D eigenvalue weighted by Gasteiger charge is 2.21. The van der Waals surface area contributed by atoms with Crippen LogP contribution in [0.1, 0.15) is 36.1 Å². The third kappa shape index (κ3) is 3.60. The standard InChI is InChI=1S/C20H21N3O3S/c24-18(22-9-5-1-2-6-10-22)13-23-19(25)17(27-20(23)26)11-14-12-21-16-8-4-3-7-15(14)16/h3-4,7-8,11-12,25H,1-2,5-6,9-10,13H2/b14-11+. The van der Waals surface area contributed by atoms with Crippen molar-refractivity contribution in [2.45, 2.75) is 32.2 Å². The lowest BCUT2D eigenvalue weighted by Crippen LogP contribution is -2.36. The number of carbonyl (C=O) groups is 1. The van der Waals surface area contributed by atoms with E-state index in [0.29, 0.717) is 4.88 Å². The maximum Gasteiger partial charge on any atom is 0.311 e. The van der Waals surface area contributed by atoms with Gasteiger partial charge in [-0.2, -0.15) is 0 Å². The quantitative estimate of drug-likeness (QED) is 0.884. The van der Waals surface area contributed by atoms with E-state index in [-0.39, 0.29) is 23.2 Å². The molecule has 0 radical (unpaired) electrons. The molecule has 0 atom stereocenters. The minimum atomic E-state index is -0.328. The van der Waals surface area contributed by atoms with Crippen molar-refractivity contribution in [1.29, 1.82) is 0 Å². The molecule has 2 aliphatic rings. The molecule has 2 aliphatic heterocycles. The van der Waals surface area contributed by atoms with Crippen molar-refractivity contribution in [2.24, 2.45) is 4.99 Å². The molecular weight excluding hydrogens is 362 g/mol. The van der Waals surface area contributed by atoms with Gasteiger partial charge in [0.25, 0.3) is 0 Å². The average molecular weight is 383 g/mol. The van der Waals surface area contributed by atoms with E-state index in [1.807, 2.05) is 24.3 Å². The zero-order valence-electron chi connectivity index (χ0n) is 14.9. The third-order valence-electron chi connectivity index (χ3n) is 4.99. The highest BCUT2D eigenvalue weighted by molar-refractivity contribution is 7.10. The molecule has 1 aromatic heterocycles. The van der Waals surface area contributed by atoms with Gasteiger partial charge < -0.3 is 10.0 Å². The highest BCUT2D eigenvalue weighted by Crippen LogP contribution is 2.34. The molecule has 0 saturated carbocycles. The minimum Gasteiger partial charge on any atom is -0.493 e. The van der Waals surface area contributed by atoms with Crippen LogP contribution in [-0.2, 0) is 11.3 Å². The monoisotopic (exact) mass is 383 g/mol. The number of likely N-dealkylation sites (tertiary alicyclic amines) is 1. The van der Waals surface area contributed by atoms with Gasteiger partial charge in [-0.1, -0.05) is 42.4 Å². The fraction of sp³-hybridized carbons (Fsp3) is 0.350. The second kappa shape index (κ2) is 7.52. The van der Waals surface area contributed by atoms with Gasteiger partial charge in [0.15, 0.2) is 0 Å². The van der Waals surface area contributed by atoms with Crippen molar-refractivity contribution in [3.8, 4) is 5.88 Å². The van der Waals surface area contributed by atoms with Crippen LogP contribution >= 0.6 is 11.3 Å². The Morgan fingerprint density at radius 1 is 1.19 bits per heavy atom. The maximum absolute atomic E-state index is 12.6. The second-order valence-electron chi connectivity index (χ2n) is 6.81. The molecule has 1 amide bonds. The molecule has 1 saturated heterocycles. The summed E-state index contributed by atoms with van der Waals surface area (Å²) in [6.07, 6.45) is 7.73. The molecule has 0 aliphatic carbocycles. The summed E-state index contributed by atoms with van der Waals surface area (Å²) in [5.74, 6) is -0.266. The summed E-state index contributed by atoms with van der Waals surface area (Å²) in [4.78, 5) is 31.2. The summed E-state index contributed by atoms with van der Waals surface area (Å²) in [6, 6.07) is 7.71. The lowest BCUT2D eigenvalue weighted by atomic mass is 10.1. The Hall–Kier alpha value is -2.67. The molecular formula is C20H21N3O3S. The summed E-state index contributed by atoms with van der Waals surface area (Å²) in [5.41, 5.74) is 2.67. The van der Waals surface area contributed by atoms with E-state index in [0.717, 1.165) is 66.9 Å². The van der Waals surface area contributed by atoms with E-state index >= 15 is 0 Å². The number of rotatable bonds is 3. The van der Waals surface area contributed by atoms with E-state index in [9.17, 15) is 14.7 Å². The Bertz CT molecular complexity index is 979. The van der Waals surface area contributed by atoms with Crippen LogP contribution in [0.3, 0.4) is 0 Å². The Morgan fingerprint density at radius 3 is 2.70 bits per heavy atom. The topological polar surface area (TPSA) is 74.9 Å². The van der Waals surface area contributed by atoms with Crippen molar-refractivity contribution >= 4 is 40.8 Å². The van der Waals surface area contributed by atoms with Gasteiger partial charge in [-0.15, -0.1) is 0 Å². The van der Waals surface area contributed by atoms with Crippen LogP contribution < -0.4 is 4.87 Å². The number of aromatic hydroxyl groups is 1. The largest absolute Gasteiger partial charge is 0.493 e. The van der Waals surface area contributed by atoms with Gasteiger partial charge >= 0.3 is 4.87 Å². The van der Waals surface area contributed by atoms with E-state index in [1.165, 1.54) is 4.57 Å². The van der Waals surface area contributed by atoms with Crippen molar-refractivity contribution in [3.63, 3.8) is 0 Å². The van der Waals surface area contributed by atoms with Gasteiger partial charge in [0, 0.05) is 30.4 Å². The Morgan fingerprint density at radius 2 is 1.93 bits per heavy atom. The number of para-hydroxylation sites is 1. The number of amides is 1. The Labute approximate surface area is 161 Å². The second-order valence-corrected chi connectivity index (χ2v) is 7.81. The van der Waals surface area contributed by atoms with Gasteiger partial charge in [-0.3, -0.25) is 19.1 Å². The van der Waals surface area contributed by atoms with Gasteiger partial charge in [0.05, 0.1) is 10.6 Å². The molecule has 0 spiro atoms. The van der Waals surface area contributed by atoms with E-state index < -0.39 is 0 Å². The van der Waals surface area contributed by atoms with Gasteiger partial charge in [-0.25, -0.2) is 0 Å². The first-order chi connectivity index (χ1) is 13.1. The number of aromatic nitrogens is 1. The van der Waals surface area contributed by atoms with Crippen LogP contribution in [0.2, 0.25) is 0 Å². The molecule has 1 aromatic carbocycles. The van der Waals surface area contributed by atoms with Gasteiger partial charge in [0.1, 0.15) is 6.54 Å². The SMILES string of the molecule is O=C(Cn1c(O)c(/C=C2\C=Nc3ccccc32)sc1=O)N1CCCCCC1. The molecule has 4 rings (SSSR count). The van der Waals surface area contributed by atoms with Gasteiger partial charge in [0.2, 0.25) is 11.8 Å². The van der Waals surface area contributed by atoms with E-state index in [4.69, 9.17) is 0 Å². The normalized spacial score (nSPS) is 17.9. The summed E-state index contributed by atoms with van der Waals surface area (Å²) >= 11 is 0.944. The zero-order chi connectivity index (χ0) is 18.8.